The van der Waals surface area contributed by atoms with Gasteiger partial charge in [0.05, 0.1) is 12.0 Å². The number of carbonyl (C=O) groups excluding carboxylic acids is 2. The van der Waals surface area contributed by atoms with Gasteiger partial charge in [-0.25, -0.2) is 4.79 Å². The van der Waals surface area contributed by atoms with Gasteiger partial charge in [0.1, 0.15) is 17.8 Å². The maximum absolute atomic E-state index is 13.0. The molecule has 0 bridgehead atoms. The van der Waals surface area contributed by atoms with Crippen LogP contribution in [-0.4, -0.2) is 30.2 Å². The van der Waals surface area contributed by atoms with Gasteiger partial charge in [0.25, 0.3) is 0 Å². The van der Waals surface area contributed by atoms with Crippen LogP contribution in [0.25, 0.3) is 22.1 Å². The Morgan fingerprint density at radius 1 is 1.23 bits per heavy atom. The van der Waals surface area contributed by atoms with Crippen LogP contribution in [0.5, 0.6) is 0 Å². The molecule has 0 N–H and O–H groups in total. The molecule has 6 heteroatoms. The fourth-order valence-corrected chi connectivity index (χ4v) is 4.23. The topological polar surface area (TPSA) is 91.4 Å². The first-order valence-corrected chi connectivity index (χ1v) is 10.3. The highest BCUT2D eigenvalue weighted by Crippen LogP contribution is 2.32. The highest BCUT2D eigenvalue weighted by Gasteiger charge is 2.30. The molecule has 1 saturated heterocycles. The Morgan fingerprint density at radius 3 is 2.77 bits per heavy atom. The number of amides is 1. The van der Waals surface area contributed by atoms with Crippen molar-refractivity contribution >= 4 is 23.2 Å². The molecule has 1 amide bonds. The minimum Gasteiger partial charge on any atom is -0.423 e. The molecule has 2 heterocycles. The number of carbonyl (C=O) groups is 2. The molecule has 0 unspecified atom stereocenters. The van der Waals surface area contributed by atoms with Crippen LogP contribution in [0.3, 0.4) is 0 Å². The summed E-state index contributed by atoms with van der Waals surface area (Å²) in [4.78, 5) is 38.7. The monoisotopic (exact) mass is 414 g/mol. The van der Waals surface area contributed by atoms with Crippen molar-refractivity contribution in [3.63, 3.8) is 0 Å². The SMILES string of the molecule is Cc1ccccc1-c1cc(=O)oc2cc([C@H](C=O)C(=O)N3CCC[C@H](C#N)C3)ccc12. The van der Waals surface area contributed by atoms with E-state index in [9.17, 15) is 19.6 Å². The van der Waals surface area contributed by atoms with Gasteiger partial charge in [0.2, 0.25) is 5.91 Å². The first-order chi connectivity index (χ1) is 15.0. The molecule has 1 aliphatic heterocycles. The minimum absolute atomic E-state index is 0.212. The molecular weight excluding hydrogens is 392 g/mol. The van der Waals surface area contributed by atoms with Gasteiger partial charge in [-0.2, -0.15) is 5.26 Å². The molecule has 4 rings (SSSR count). The Hall–Kier alpha value is -3.72. The predicted octanol–water partition coefficient (Wildman–Crippen LogP) is 3.81. The smallest absolute Gasteiger partial charge is 0.336 e. The number of hydrogen-bond acceptors (Lipinski definition) is 5. The summed E-state index contributed by atoms with van der Waals surface area (Å²) in [5, 5.41) is 9.92. The fourth-order valence-electron chi connectivity index (χ4n) is 4.23. The lowest BCUT2D eigenvalue weighted by Crippen LogP contribution is -2.42. The van der Waals surface area contributed by atoms with Gasteiger partial charge < -0.3 is 14.1 Å². The van der Waals surface area contributed by atoms with Gasteiger partial charge in [-0.05, 0) is 42.5 Å². The zero-order chi connectivity index (χ0) is 22.0. The molecular formula is C25H22N2O4. The number of rotatable bonds is 4. The highest BCUT2D eigenvalue weighted by molar-refractivity contribution is 6.00. The molecule has 1 aliphatic rings. The van der Waals surface area contributed by atoms with E-state index in [4.69, 9.17) is 4.42 Å². The van der Waals surface area contributed by atoms with E-state index in [1.54, 1.807) is 23.1 Å². The minimum atomic E-state index is -1.01. The lowest BCUT2D eigenvalue weighted by molar-refractivity contribution is -0.136. The summed E-state index contributed by atoms with van der Waals surface area (Å²) in [6, 6.07) is 16.5. The van der Waals surface area contributed by atoms with E-state index in [1.807, 2.05) is 31.2 Å². The lowest BCUT2D eigenvalue weighted by Gasteiger charge is -2.31. The maximum Gasteiger partial charge on any atom is 0.336 e. The van der Waals surface area contributed by atoms with Crippen LogP contribution >= 0.6 is 0 Å². The summed E-state index contributed by atoms with van der Waals surface area (Å²) < 4.78 is 5.42. The number of fused-ring (bicyclic) bond motifs is 1. The van der Waals surface area contributed by atoms with E-state index in [1.165, 1.54) is 6.07 Å². The highest BCUT2D eigenvalue weighted by atomic mass is 16.4. The van der Waals surface area contributed by atoms with Crippen molar-refractivity contribution in [1.82, 2.24) is 4.90 Å². The van der Waals surface area contributed by atoms with Crippen molar-refractivity contribution in [2.24, 2.45) is 5.92 Å². The average molecular weight is 414 g/mol. The second-order valence-corrected chi connectivity index (χ2v) is 7.92. The Labute approximate surface area is 179 Å². The molecule has 2 aromatic carbocycles. The molecule has 0 saturated carbocycles. The van der Waals surface area contributed by atoms with E-state index in [-0.39, 0.29) is 11.8 Å². The number of hydrogen-bond donors (Lipinski definition) is 0. The summed E-state index contributed by atoms with van der Waals surface area (Å²) in [6.45, 7) is 2.83. The molecule has 2 atom stereocenters. The normalized spacial score (nSPS) is 17.2. The van der Waals surface area contributed by atoms with Gasteiger partial charge in [0.15, 0.2) is 0 Å². The van der Waals surface area contributed by atoms with E-state index >= 15 is 0 Å². The number of nitrogens with zero attached hydrogens (tertiary/aromatic N) is 2. The van der Waals surface area contributed by atoms with Crippen molar-refractivity contribution < 1.29 is 14.0 Å². The third-order valence-corrected chi connectivity index (χ3v) is 5.88. The summed E-state index contributed by atoms with van der Waals surface area (Å²) in [5.41, 5.74) is 3.00. The molecule has 156 valence electrons. The molecule has 6 nitrogen and oxygen atoms in total. The second-order valence-electron chi connectivity index (χ2n) is 7.92. The molecule has 31 heavy (non-hydrogen) atoms. The van der Waals surface area contributed by atoms with Crippen LogP contribution < -0.4 is 5.63 Å². The Morgan fingerprint density at radius 2 is 2.03 bits per heavy atom. The largest absolute Gasteiger partial charge is 0.423 e. The van der Waals surface area contributed by atoms with Crippen LogP contribution in [0, 0.1) is 24.2 Å². The molecule has 0 radical (unpaired) electrons. The first-order valence-electron chi connectivity index (χ1n) is 10.3. The van der Waals surface area contributed by atoms with Crippen molar-refractivity contribution in [3.8, 4) is 17.2 Å². The number of piperidine rings is 1. The molecule has 0 spiro atoms. The molecule has 1 fully saturated rings. The van der Waals surface area contributed by atoms with E-state index in [0.717, 1.165) is 34.9 Å². The zero-order valence-electron chi connectivity index (χ0n) is 17.2. The van der Waals surface area contributed by atoms with Crippen molar-refractivity contribution in [1.29, 1.82) is 5.26 Å². The number of nitriles is 1. The summed E-state index contributed by atoms with van der Waals surface area (Å²) in [5.74, 6) is -1.54. The number of aldehydes is 1. The molecule has 3 aromatic rings. The van der Waals surface area contributed by atoms with Crippen molar-refractivity contribution in [2.45, 2.75) is 25.7 Å². The lowest BCUT2D eigenvalue weighted by atomic mass is 9.93. The Kier molecular flexibility index (Phi) is 5.68. The molecule has 0 aliphatic carbocycles. The third-order valence-electron chi connectivity index (χ3n) is 5.88. The maximum atomic E-state index is 13.0. The third kappa shape index (κ3) is 3.99. The van der Waals surface area contributed by atoms with Crippen molar-refractivity contribution in [2.75, 3.05) is 13.1 Å². The first kappa shape index (κ1) is 20.5. The van der Waals surface area contributed by atoms with E-state index < -0.39 is 11.5 Å². The van der Waals surface area contributed by atoms with Gasteiger partial charge in [-0.1, -0.05) is 36.4 Å². The van der Waals surface area contributed by atoms with Gasteiger partial charge in [-0.3, -0.25) is 4.79 Å². The standard InChI is InChI=1S/C25H22N2O4/c1-16-5-2-3-7-19(16)21-12-24(29)31-23-11-18(8-9-20(21)23)22(15-28)25(30)27-10-4-6-17(13-26)14-27/h2-3,5,7-9,11-12,15,17,22H,4,6,10,14H2,1H3/t17-,22+/m1/s1. The van der Waals surface area contributed by atoms with Crippen LogP contribution in [0.2, 0.25) is 0 Å². The zero-order valence-corrected chi connectivity index (χ0v) is 17.2. The quantitative estimate of drug-likeness (QED) is 0.368. The van der Waals surface area contributed by atoms with Gasteiger partial charge in [-0.15, -0.1) is 0 Å². The predicted molar refractivity (Wildman–Crippen MR) is 116 cm³/mol. The summed E-state index contributed by atoms with van der Waals surface area (Å²) >= 11 is 0. The van der Waals surface area contributed by atoms with Crippen LogP contribution in [0.1, 0.15) is 29.9 Å². The van der Waals surface area contributed by atoms with Crippen molar-refractivity contribution in [3.05, 3.63) is 70.1 Å². The average Bonchev–Trinajstić information content (AvgIpc) is 2.79. The van der Waals surface area contributed by atoms with Gasteiger partial charge in [0, 0.05) is 30.1 Å². The van der Waals surface area contributed by atoms with Crippen LogP contribution in [0.4, 0.5) is 0 Å². The van der Waals surface area contributed by atoms with Crippen LogP contribution in [-0.2, 0) is 9.59 Å². The summed E-state index contributed by atoms with van der Waals surface area (Å²) in [6.07, 6.45) is 2.11. The van der Waals surface area contributed by atoms with E-state index in [0.29, 0.717) is 30.5 Å². The van der Waals surface area contributed by atoms with Crippen LogP contribution in [0.15, 0.2) is 57.7 Å². The Bertz CT molecular complexity index is 1250. The second kappa shape index (κ2) is 8.57. The number of aryl methyl sites for hydroxylation is 1. The number of benzene rings is 2. The molecule has 1 aromatic heterocycles. The van der Waals surface area contributed by atoms with Gasteiger partial charge >= 0.3 is 5.63 Å². The van der Waals surface area contributed by atoms with E-state index in [2.05, 4.69) is 6.07 Å². The fraction of sp³-hybridized carbons (Fsp3) is 0.280. The Balaban J connectivity index is 1.74. The number of likely N-dealkylation sites (tertiary alicyclic amines) is 1. The summed E-state index contributed by atoms with van der Waals surface area (Å²) in [7, 11) is 0.